The van der Waals surface area contributed by atoms with E-state index in [1.165, 1.54) is 12.8 Å². The molecule has 2 rings (SSSR count). The molecule has 0 radical (unpaired) electrons. The van der Waals surface area contributed by atoms with E-state index in [1.807, 2.05) is 6.07 Å². The zero-order valence-electron chi connectivity index (χ0n) is 6.00. The van der Waals surface area contributed by atoms with Crippen LogP contribution >= 0.6 is 0 Å². The number of nitrogens with one attached hydrogen (secondary N) is 2. The van der Waals surface area contributed by atoms with Crippen LogP contribution in [0.2, 0.25) is 0 Å². The summed E-state index contributed by atoms with van der Waals surface area (Å²) in [5.41, 5.74) is 1.13. The first kappa shape index (κ1) is 6.39. The Balaban J connectivity index is 2.11. The Bertz CT molecular complexity index is 264. The molecule has 1 heterocycles. The van der Waals surface area contributed by atoms with Gasteiger partial charge >= 0.3 is 0 Å². The second-order valence-electron chi connectivity index (χ2n) is 2.74. The van der Waals surface area contributed by atoms with Crippen molar-refractivity contribution in [3.63, 3.8) is 0 Å². The Kier molecular flexibility index (Phi) is 1.38. The third-order valence-electron chi connectivity index (χ3n) is 1.82. The summed E-state index contributed by atoms with van der Waals surface area (Å²) in [4.78, 5) is 10.0. The maximum atomic E-state index is 10.0. The van der Waals surface area contributed by atoms with E-state index in [0.717, 1.165) is 5.69 Å². The molecule has 0 unspecified atom stereocenters. The first-order valence-electron chi connectivity index (χ1n) is 3.65. The number of aromatic nitrogens is 2. The summed E-state index contributed by atoms with van der Waals surface area (Å²) in [7, 11) is 0. The third kappa shape index (κ3) is 1.24. The number of aromatic amines is 1. The number of carbonyl (C=O) groups is 1. The van der Waals surface area contributed by atoms with E-state index in [1.54, 1.807) is 0 Å². The molecular formula is C7H9N3O. The molecule has 0 bridgehead atoms. The molecule has 1 aromatic rings. The lowest BCUT2D eigenvalue weighted by molar-refractivity contribution is -0.105. The minimum absolute atomic E-state index is 0.613. The van der Waals surface area contributed by atoms with Gasteiger partial charge in [0.1, 0.15) is 0 Å². The number of hydrogen-bond acceptors (Lipinski definition) is 2. The van der Waals surface area contributed by atoms with Gasteiger partial charge in [-0.25, -0.2) is 0 Å². The first-order chi connectivity index (χ1) is 5.40. The smallest absolute Gasteiger partial charge is 0.212 e. The fourth-order valence-corrected chi connectivity index (χ4v) is 1.07. The van der Waals surface area contributed by atoms with Crippen LogP contribution in [0.4, 0.5) is 5.82 Å². The lowest BCUT2D eigenvalue weighted by Crippen LogP contribution is -1.92. The maximum Gasteiger partial charge on any atom is 0.212 e. The van der Waals surface area contributed by atoms with Gasteiger partial charge in [0, 0.05) is 17.7 Å². The molecule has 4 nitrogen and oxygen atoms in total. The summed E-state index contributed by atoms with van der Waals surface area (Å²) in [5, 5.41) is 9.27. The van der Waals surface area contributed by atoms with Gasteiger partial charge in [-0.2, -0.15) is 5.10 Å². The zero-order valence-corrected chi connectivity index (χ0v) is 6.00. The van der Waals surface area contributed by atoms with Crippen LogP contribution in [0.5, 0.6) is 0 Å². The molecule has 0 saturated heterocycles. The second kappa shape index (κ2) is 2.38. The van der Waals surface area contributed by atoms with Gasteiger partial charge in [0.2, 0.25) is 6.41 Å². The first-order valence-corrected chi connectivity index (χ1v) is 3.65. The number of rotatable bonds is 3. The summed E-state index contributed by atoms with van der Waals surface area (Å²) >= 11 is 0. The van der Waals surface area contributed by atoms with Crippen molar-refractivity contribution in [2.24, 2.45) is 0 Å². The number of anilines is 1. The lowest BCUT2D eigenvalue weighted by atomic mass is 10.3. The van der Waals surface area contributed by atoms with Crippen LogP contribution in [0.25, 0.3) is 0 Å². The van der Waals surface area contributed by atoms with Gasteiger partial charge in [-0.3, -0.25) is 9.89 Å². The molecule has 4 heteroatoms. The summed E-state index contributed by atoms with van der Waals surface area (Å²) < 4.78 is 0. The SMILES string of the molecule is O=CNc1cc(C2CC2)[nH]n1. The van der Waals surface area contributed by atoms with Crippen LogP contribution in [0.1, 0.15) is 24.5 Å². The van der Waals surface area contributed by atoms with Crippen molar-refractivity contribution >= 4 is 12.2 Å². The van der Waals surface area contributed by atoms with Gasteiger partial charge < -0.3 is 5.32 Å². The van der Waals surface area contributed by atoms with Crippen LogP contribution in [0.3, 0.4) is 0 Å². The highest BCUT2D eigenvalue weighted by molar-refractivity contribution is 5.68. The predicted molar refractivity (Wildman–Crippen MR) is 40.2 cm³/mol. The van der Waals surface area contributed by atoms with E-state index < -0.39 is 0 Å². The van der Waals surface area contributed by atoms with Gasteiger partial charge in [-0.1, -0.05) is 0 Å². The van der Waals surface area contributed by atoms with Gasteiger partial charge in [-0.05, 0) is 12.8 Å². The van der Waals surface area contributed by atoms with E-state index in [4.69, 9.17) is 0 Å². The van der Waals surface area contributed by atoms with Crippen molar-refractivity contribution in [2.45, 2.75) is 18.8 Å². The highest BCUT2D eigenvalue weighted by Crippen LogP contribution is 2.39. The topological polar surface area (TPSA) is 57.8 Å². The van der Waals surface area contributed by atoms with Crippen molar-refractivity contribution < 1.29 is 4.79 Å². The summed E-state index contributed by atoms with van der Waals surface area (Å²) in [5.74, 6) is 1.27. The maximum absolute atomic E-state index is 10.0. The Labute approximate surface area is 64.0 Å². The molecule has 1 saturated carbocycles. The molecule has 1 fully saturated rings. The number of H-pyrrole nitrogens is 1. The molecule has 1 aliphatic carbocycles. The number of carbonyl (C=O) groups excluding carboxylic acids is 1. The molecule has 0 aliphatic heterocycles. The highest BCUT2D eigenvalue weighted by Gasteiger charge is 2.25. The highest BCUT2D eigenvalue weighted by atomic mass is 16.1. The standard InChI is InChI=1S/C7H9N3O/c11-4-8-7-3-6(9-10-7)5-1-2-5/h3-5H,1-2H2,(H2,8,9,10,11). The Morgan fingerprint density at radius 1 is 1.73 bits per heavy atom. The van der Waals surface area contributed by atoms with E-state index in [9.17, 15) is 4.79 Å². The Morgan fingerprint density at radius 3 is 3.18 bits per heavy atom. The fraction of sp³-hybridized carbons (Fsp3) is 0.429. The molecule has 1 aromatic heterocycles. The minimum Gasteiger partial charge on any atom is -0.312 e. The van der Waals surface area contributed by atoms with Crippen LogP contribution in [-0.4, -0.2) is 16.6 Å². The summed E-state index contributed by atoms with van der Waals surface area (Å²) in [6.45, 7) is 0. The lowest BCUT2D eigenvalue weighted by Gasteiger charge is -1.85. The van der Waals surface area contributed by atoms with Crippen molar-refractivity contribution in [1.82, 2.24) is 10.2 Å². The molecule has 2 N–H and O–H groups in total. The van der Waals surface area contributed by atoms with E-state index >= 15 is 0 Å². The average molecular weight is 151 g/mol. The van der Waals surface area contributed by atoms with Crippen LogP contribution in [0.15, 0.2) is 6.07 Å². The van der Waals surface area contributed by atoms with Crippen molar-refractivity contribution in [1.29, 1.82) is 0 Å². The predicted octanol–water partition coefficient (Wildman–Crippen LogP) is 0.855. The molecule has 1 amide bonds. The molecule has 58 valence electrons. The van der Waals surface area contributed by atoms with Crippen LogP contribution in [-0.2, 0) is 4.79 Å². The fourth-order valence-electron chi connectivity index (χ4n) is 1.07. The van der Waals surface area contributed by atoms with Crippen molar-refractivity contribution in [3.05, 3.63) is 11.8 Å². The summed E-state index contributed by atoms with van der Waals surface area (Å²) in [6, 6.07) is 1.88. The quantitative estimate of drug-likeness (QED) is 0.629. The van der Waals surface area contributed by atoms with Crippen LogP contribution in [0, 0.1) is 0 Å². The monoisotopic (exact) mass is 151 g/mol. The minimum atomic E-state index is 0.613. The van der Waals surface area contributed by atoms with Gasteiger partial charge in [-0.15, -0.1) is 0 Å². The number of hydrogen-bond donors (Lipinski definition) is 2. The molecule has 0 spiro atoms. The molecule has 1 aliphatic rings. The van der Waals surface area contributed by atoms with Crippen LogP contribution < -0.4 is 5.32 Å². The average Bonchev–Trinajstić information content (AvgIpc) is 2.75. The zero-order chi connectivity index (χ0) is 7.68. The molecular weight excluding hydrogens is 142 g/mol. The molecule has 11 heavy (non-hydrogen) atoms. The molecule has 0 atom stereocenters. The van der Waals surface area contributed by atoms with E-state index in [0.29, 0.717) is 18.1 Å². The Hall–Kier alpha value is -1.32. The normalized spacial score (nSPS) is 16.4. The largest absolute Gasteiger partial charge is 0.312 e. The number of amides is 1. The number of nitrogens with zero attached hydrogens (tertiary/aromatic N) is 1. The Morgan fingerprint density at radius 2 is 2.55 bits per heavy atom. The second-order valence-corrected chi connectivity index (χ2v) is 2.74. The molecule has 0 aromatic carbocycles. The van der Waals surface area contributed by atoms with Crippen molar-refractivity contribution in [2.75, 3.05) is 5.32 Å². The van der Waals surface area contributed by atoms with E-state index in [2.05, 4.69) is 15.5 Å². The van der Waals surface area contributed by atoms with Gasteiger partial charge in [0.15, 0.2) is 5.82 Å². The van der Waals surface area contributed by atoms with Gasteiger partial charge in [0.05, 0.1) is 0 Å². The van der Waals surface area contributed by atoms with E-state index in [-0.39, 0.29) is 0 Å². The van der Waals surface area contributed by atoms with Gasteiger partial charge in [0.25, 0.3) is 0 Å². The third-order valence-corrected chi connectivity index (χ3v) is 1.82. The van der Waals surface area contributed by atoms with Crippen molar-refractivity contribution in [3.8, 4) is 0 Å². The summed E-state index contributed by atoms with van der Waals surface area (Å²) in [6.07, 6.45) is 3.11.